The zero-order valence-electron chi connectivity index (χ0n) is 13.7. The van der Waals surface area contributed by atoms with Crippen LogP contribution in [0.3, 0.4) is 0 Å². The fraction of sp³-hybridized carbons (Fsp3) is 1.00. The Morgan fingerprint density at radius 1 is 1.20 bits per heavy atom. The van der Waals surface area contributed by atoms with Crippen LogP contribution in [0.25, 0.3) is 0 Å². The van der Waals surface area contributed by atoms with Gasteiger partial charge in [-0.05, 0) is 64.6 Å². The summed E-state index contributed by atoms with van der Waals surface area (Å²) >= 11 is 0. The molecule has 0 aromatic heterocycles. The van der Waals surface area contributed by atoms with E-state index in [9.17, 15) is 5.11 Å². The van der Waals surface area contributed by atoms with Crippen molar-refractivity contribution in [2.45, 2.75) is 64.5 Å². The summed E-state index contributed by atoms with van der Waals surface area (Å²) in [6, 6.07) is 0.626. The van der Waals surface area contributed by atoms with Crippen molar-refractivity contribution in [2.24, 2.45) is 11.8 Å². The van der Waals surface area contributed by atoms with Crippen LogP contribution in [0.15, 0.2) is 0 Å². The van der Waals surface area contributed by atoms with Crippen molar-refractivity contribution >= 4 is 0 Å². The summed E-state index contributed by atoms with van der Waals surface area (Å²) < 4.78 is 0. The van der Waals surface area contributed by atoms with Gasteiger partial charge in [0.15, 0.2) is 0 Å². The van der Waals surface area contributed by atoms with E-state index < -0.39 is 0 Å². The highest BCUT2D eigenvalue weighted by atomic mass is 16.3. The van der Waals surface area contributed by atoms with E-state index in [0.29, 0.717) is 12.0 Å². The first-order valence-electron chi connectivity index (χ1n) is 8.70. The van der Waals surface area contributed by atoms with E-state index >= 15 is 0 Å². The molecule has 118 valence electrons. The number of nitrogens with zero attached hydrogens (tertiary/aromatic N) is 2. The molecule has 0 aromatic carbocycles. The lowest BCUT2D eigenvalue weighted by atomic mass is 9.77. The topological polar surface area (TPSA) is 26.7 Å². The van der Waals surface area contributed by atoms with E-state index in [-0.39, 0.29) is 6.10 Å². The Hall–Kier alpha value is -0.120. The van der Waals surface area contributed by atoms with Crippen LogP contribution in [-0.2, 0) is 0 Å². The molecule has 2 aliphatic rings. The standard InChI is InChI=1S/C17H34N2O/c1-4-6-15-7-8-17(20)16(11-15)13-19-10-5-9-18(3)12-14(19)2/h14-17,20H,4-13H2,1-3H3. The van der Waals surface area contributed by atoms with Gasteiger partial charge in [0.25, 0.3) is 0 Å². The minimum atomic E-state index is -0.0590. The summed E-state index contributed by atoms with van der Waals surface area (Å²) in [7, 11) is 2.23. The Morgan fingerprint density at radius 2 is 2.00 bits per heavy atom. The summed E-state index contributed by atoms with van der Waals surface area (Å²) in [6.45, 7) is 9.32. The van der Waals surface area contributed by atoms with Gasteiger partial charge >= 0.3 is 0 Å². The van der Waals surface area contributed by atoms with Crippen molar-refractivity contribution in [3.63, 3.8) is 0 Å². The molecule has 1 N–H and O–H groups in total. The van der Waals surface area contributed by atoms with Crippen LogP contribution in [0.2, 0.25) is 0 Å². The second-order valence-corrected chi connectivity index (χ2v) is 7.25. The molecule has 0 spiro atoms. The van der Waals surface area contributed by atoms with E-state index in [1.807, 2.05) is 0 Å². The van der Waals surface area contributed by atoms with Crippen LogP contribution in [0.5, 0.6) is 0 Å². The summed E-state index contributed by atoms with van der Waals surface area (Å²) in [5.74, 6) is 1.37. The van der Waals surface area contributed by atoms with Crippen LogP contribution in [0.4, 0.5) is 0 Å². The Balaban J connectivity index is 1.89. The third kappa shape index (κ3) is 4.44. The van der Waals surface area contributed by atoms with Crippen LogP contribution in [-0.4, -0.2) is 60.3 Å². The zero-order chi connectivity index (χ0) is 14.5. The molecule has 4 unspecified atom stereocenters. The SMILES string of the molecule is CCCC1CCC(O)C(CN2CCCN(C)CC2C)C1. The molecule has 2 rings (SSSR count). The van der Waals surface area contributed by atoms with Crippen molar-refractivity contribution in [1.82, 2.24) is 9.80 Å². The first kappa shape index (κ1) is 16.3. The predicted octanol–water partition coefficient (Wildman–Crippen LogP) is 2.59. The molecule has 0 amide bonds. The van der Waals surface area contributed by atoms with Gasteiger partial charge in [0, 0.05) is 19.1 Å². The van der Waals surface area contributed by atoms with Crippen molar-refractivity contribution in [1.29, 1.82) is 0 Å². The van der Waals surface area contributed by atoms with Gasteiger partial charge in [-0.1, -0.05) is 19.8 Å². The highest BCUT2D eigenvalue weighted by Gasteiger charge is 2.31. The second-order valence-electron chi connectivity index (χ2n) is 7.25. The maximum absolute atomic E-state index is 10.4. The average molecular weight is 282 g/mol. The Labute approximate surface area is 125 Å². The monoisotopic (exact) mass is 282 g/mol. The van der Waals surface area contributed by atoms with Crippen LogP contribution in [0.1, 0.15) is 52.4 Å². The Morgan fingerprint density at radius 3 is 2.75 bits per heavy atom. The maximum atomic E-state index is 10.4. The molecule has 1 saturated carbocycles. The van der Waals surface area contributed by atoms with E-state index in [1.165, 1.54) is 51.7 Å². The van der Waals surface area contributed by atoms with Gasteiger partial charge in [-0.15, -0.1) is 0 Å². The summed E-state index contributed by atoms with van der Waals surface area (Å²) in [5, 5.41) is 10.4. The lowest BCUT2D eigenvalue weighted by Gasteiger charge is -2.38. The minimum absolute atomic E-state index is 0.0590. The largest absolute Gasteiger partial charge is 0.393 e. The number of hydrogen-bond donors (Lipinski definition) is 1. The predicted molar refractivity (Wildman–Crippen MR) is 84.9 cm³/mol. The van der Waals surface area contributed by atoms with Gasteiger partial charge in [0.2, 0.25) is 0 Å². The number of rotatable bonds is 4. The van der Waals surface area contributed by atoms with Crippen LogP contribution in [0, 0.1) is 11.8 Å². The summed E-state index contributed by atoms with van der Waals surface area (Å²) in [4.78, 5) is 5.08. The highest BCUT2D eigenvalue weighted by molar-refractivity contribution is 4.84. The summed E-state index contributed by atoms with van der Waals surface area (Å²) in [5.41, 5.74) is 0. The second kappa shape index (κ2) is 7.77. The molecule has 0 bridgehead atoms. The lowest BCUT2D eigenvalue weighted by Crippen LogP contribution is -2.44. The molecule has 1 saturated heterocycles. The van der Waals surface area contributed by atoms with E-state index in [2.05, 4.69) is 30.7 Å². The molecule has 1 aliphatic heterocycles. The van der Waals surface area contributed by atoms with Gasteiger partial charge in [0.05, 0.1) is 6.10 Å². The van der Waals surface area contributed by atoms with E-state index in [1.54, 1.807) is 0 Å². The van der Waals surface area contributed by atoms with Gasteiger partial charge in [-0.3, -0.25) is 4.90 Å². The molecule has 0 radical (unpaired) electrons. The fourth-order valence-corrected chi connectivity index (χ4v) is 4.21. The quantitative estimate of drug-likeness (QED) is 0.858. The smallest absolute Gasteiger partial charge is 0.0580 e. The number of likely N-dealkylation sites (N-methyl/N-ethyl adjacent to an activating group) is 1. The van der Waals surface area contributed by atoms with Crippen molar-refractivity contribution in [3.8, 4) is 0 Å². The van der Waals surface area contributed by atoms with Crippen LogP contribution < -0.4 is 0 Å². The molecule has 0 aromatic rings. The molecule has 3 nitrogen and oxygen atoms in total. The van der Waals surface area contributed by atoms with E-state index in [4.69, 9.17) is 0 Å². The fourth-order valence-electron chi connectivity index (χ4n) is 4.21. The van der Waals surface area contributed by atoms with Gasteiger partial charge in [-0.25, -0.2) is 0 Å². The van der Waals surface area contributed by atoms with Crippen molar-refractivity contribution in [3.05, 3.63) is 0 Å². The Kier molecular flexibility index (Phi) is 6.31. The van der Waals surface area contributed by atoms with Gasteiger partial charge in [-0.2, -0.15) is 0 Å². The lowest BCUT2D eigenvalue weighted by molar-refractivity contribution is 0.0193. The normalized spacial score (nSPS) is 37.8. The molecule has 4 atom stereocenters. The molecular formula is C17H34N2O. The molecular weight excluding hydrogens is 248 g/mol. The molecule has 3 heteroatoms. The maximum Gasteiger partial charge on any atom is 0.0580 e. The highest BCUT2D eigenvalue weighted by Crippen LogP contribution is 2.33. The van der Waals surface area contributed by atoms with Gasteiger partial charge < -0.3 is 10.0 Å². The first-order chi connectivity index (χ1) is 9.60. The average Bonchev–Trinajstić information content (AvgIpc) is 2.55. The molecule has 1 heterocycles. The third-order valence-corrected chi connectivity index (χ3v) is 5.40. The third-order valence-electron chi connectivity index (χ3n) is 5.40. The van der Waals surface area contributed by atoms with Crippen molar-refractivity contribution in [2.75, 3.05) is 33.2 Å². The Bertz CT molecular complexity index is 284. The van der Waals surface area contributed by atoms with Crippen LogP contribution >= 0.6 is 0 Å². The summed E-state index contributed by atoms with van der Waals surface area (Å²) in [6.07, 6.45) is 7.35. The molecule has 1 aliphatic carbocycles. The van der Waals surface area contributed by atoms with Gasteiger partial charge in [0.1, 0.15) is 0 Å². The first-order valence-corrected chi connectivity index (χ1v) is 8.70. The molecule has 2 fully saturated rings. The number of aliphatic hydroxyl groups is 1. The zero-order valence-corrected chi connectivity index (χ0v) is 13.7. The number of hydrogen-bond acceptors (Lipinski definition) is 3. The number of aliphatic hydroxyl groups excluding tert-OH is 1. The minimum Gasteiger partial charge on any atom is -0.393 e. The van der Waals surface area contributed by atoms with Crippen molar-refractivity contribution < 1.29 is 5.11 Å². The van der Waals surface area contributed by atoms with E-state index in [0.717, 1.165) is 18.9 Å². The molecule has 20 heavy (non-hydrogen) atoms.